The van der Waals surface area contributed by atoms with Gasteiger partial charge in [0.25, 0.3) is 0 Å². The zero-order chi connectivity index (χ0) is 15.4. The third-order valence-electron chi connectivity index (χ3n) is 3.51. The van der Waals surface area contributed by atoms with E-state index >= 15 is 0 Å². The molecule has 1 aliphatic rings. The summed E-state index contributed by atoms with van der Waals surface area (Å²) >= 11 is 1.96. The fraction of sp³-hybridized carbons (Fsp3) is 0.375. The van der Waals surface area contributed by atoms with E-state index in [1.54, 1.807) is 0 Å². The van der Waals surface area contributed by atoms with Crippen molar-refractivity contribution in [3.05, 3.63) is 30.3 Å². The molecule has 0 aliphatic carbocycles. The van der Waals surface area contributed by atoms with Crippen molar-refractivity contribution in [1.82, 2.24) is 9.97 Å². The van der Waals surface area contributed by atoms with Crippen LogP contribution in [0.3, 0.4) is 0 Å². The molecule has 5 nitrogen and oxygen atoms in total. The first kappa shape index (κ1) is 15.0. The van der Waals surface area contributed by atoms with Crippen LogP contribution in [0, 0.1) is 0 Å². The van der Waals surface area contributed by atoms with Gasteiger partial charge < -0.3 is 15.4 Å². The number of nitrogens with two attached hydrogens (primary N) is 1. The van der Waals surface area contributed by atoms with Crippen molar-refractivity contribution in [2.45, 2.75) is 6.92 Å². The predicted molar refractivity (Wildman–Crippen MR) is 92.6 cm³/mol. The van der Waals surface area contributed by atoms with E-state index in [0.717, 1.165) is 47.4 Å². The number of hydrogen-bond acceptors (Lipinski definition) is 6. The minimum atomic E-state index is 0.288. The SMILES string of the molecule is CCOc1c(-c2ccccc2)nc(N)nc1N1CCSCC1. The lowest BCUT2D eigenvalue weighted by molar-refractivity contribution is 0.339. The van der Waals surface area contributed by atoms with E-state index in [-0.39, 0.29) is 5.95 Å². The Morgan fingerprint density at radius 3 is 2.59 bits per heavy atom. The summed E-state index contributed by atoms with van der Waals surface area (Å²) in [5, 5.41) is 0. The van der Waals surface area contributed by atoms with E-state index in [4.69, 9.17) is 10.5 Å². The summed E-state index contributed by atoms with van der Waals surface area (Å²) < 4.78 is 5.90. The number of nitrogens with zero attached hydrogens (tertiary/aromatic N) is 3. The van der Waals surface area contributed by atoms with E-state index in [1.807, 2.05) is 49.0 Å². The summed E-state index contributed by atoms with van der Waals surface area (Å²) in [6.45, 7) is 4.45. The maximum Gasteiger partial charge on any atom is 0.222 e. The molecule has 2 aromatic rings. The minimum absolute atomic E-state index is 0.288. The molecule has 0 atom stereocenters. The van der Waals surface area contributed by atoms with Crippen LogP contribution < -0.4 is 15.4 Å². The van der Waals surface area contributed by atoms with Crippen LogP contribution in [-0.2, 0) is 0 Å². The molecule has 0 radical (unpaired) electrons. The third kappa shape index (κ3) is 3.11. The molecule has 1 aliphatic heterocycles. The molecule has 0 unspecified atom stereocenters. The Morgan fingerprint density at radius 2 is 1.91 bits per heavy atom. The maximum absolute atomic E-state index is 5.96. The summed E-state index contributed by atoms with van der Waals surface area (Å²) in [5.41, 5.74) is 7.72. The fourth-order valence-corrected chi connectivity index (χ4v) is 3.42. The van der Waals surface area contributed by atoms with Crippen LogP contribution in [0.4, 0.5) is 11.8 Å². The molecule has 2 N–H and O–H groups in total. The molecule has 2 heterocycles. The second-order valence-electron chi connectivity index (χ2n) is 4.98. The van der Waals surface area contributed by atoms with Crippen LogP contribution in [0.2, 0.25) is 0 Å². The lowest BCUT2D eigenvalue weighted by Gasteiger charge is -2.29. The Labute approximate surface area is 134 Å². The number of hydrogen-bond donors (Lipinski definition) is 1. The van der Waals surface area contributed by atoms with Crippen molar-refractivity contribution in [3.8, 4) is 17.0 Å². The molecule has 1 fully saturated rings. The third-order valence-corrected chi connectivity index (χ3v) is 4.45. The number of nitrogen functional groups attached to an aromatic ring is 1. The van der Waals surface area contributed by atoms with Crippen molar-refractivity contribution in [2.75, 3.05) is 41.8 Å². The van der Waals surface area contributed by atoms with Crippen molar-refractivity contribution < 1.29 is 4.74 Å². The van der Waals surface area contributed by atoms with E-state index in [2.05, 4.69) is 14.9 Å². The van der Waals surface area contributed by atoms with Gasteiger partial charge >= 0.3 is 0 Å². The second kappa shape index (κ2) is 6.87. The van der Waals surface area contributed by atoms with Crippen molar-refractivity contribution >= 4 is 23.5 Å². The maximum atomic E-state index is 5.96. The molecule has 22 heavy (non-hydrogen) atoms. The zero-order valence-corrected chi connectivity index (χ0v) is 13.5. The molecule has 0 saturated carbocycles. The van der Waals surface area contributed by atoms with Gasteiger partial charge in [0.1, 0.15) is 5.69 Å². The molecule has 0 spiro atoms. The van der Waals surface area contributed by atoms with Crippen LogP contribution in [0.15, 0.2) is 30.3 Å². The molecule has 116 valence electrons. The lowest BCUT2D eigenvalue weighted by atomic mass is 10.1. The largest absolute Gasteiger partial charge is 0.488 e. The van der Waals surface area contributed by atoms with Crippen LogP contribution in [0.25, 0.3) is 11.3 Å². The van der Waals surface area contributed by atoms with Crippen molar-refractivity contribution in [1.29, 1.82) is 0 Å². The van der Waals surface area contributed by atoms with Gasteiger partial charge in [0.2, 0.25) is 5.95 Å². The number of aromatic nitrogens is 2. The van der Waals surface area contributed by atoms with Gasteiger partial charge in [-0.15, -0.1) is 0 Å². The molecule has 0 bridgehead atoms. The van der Waals surface area contributed by atoms with Crippen LogP contribution in [-0.4, -0.2) is 41.2 Å². The first-order valence-electron chi connectivity index (χ1n) is 7.48. The molecule has 0 amide bonds. The molecule has 1 aromatic heterocycles. The molecule has 1 aromatic carbocycles. The summed E-state index contributed by atoms with van der Waals surface area (Å²) in [5.74, 6) is 4.02. The molecule has 3 rings (SSSR count). The Balaban J connectivity index is 2.10. The van der Waals surface area contributed by atoms with Gasteiger partial charge in [-0.05, 0) is 6.92 Å². The van der Waals surface area contributed by atoms with E-state index in [0.29, 0.717) is 6.61 Å². The first-order valence-corrected chi connectivity index (χ1v) is 8.63. The minimum Gasteiger partial charge on any atom is -0.488 e. The highest BCUT2D eigenvalue weighted by Gasteiger charge is 2.22. The van der Waals surface area contributed by atoms with Gasteiger partial charge in [-0.1, -0.05) is 30.3 Å². The van der Waals surface area contributed by atoms with Crippen LogP contribution >= 0.6 is 11.8 Å². The Bertz CT molecular complexity index is 630. The van der Waals surface area contributed by atoms with E-state index < -0.39 is 0 Å². The Kier molecular flexibility index (Phi) is 4.68. The smallest absolute Gasteiger partial charge is 0.222 e. The summed E-state index contributed by atoms with van der Waals surface area (Å²) in [6.07, 6.45) is 0. The molecule has 6 heteroatoms. The van der Waals surface area contributed by atoms with Gasteiger partial charge in [0.15, 0.2) is 11.6 Å². The average molecular weight is 316 g/mol. The van der Waals surface area contributed by atoms with Crippen molar-refractivity contribution in [3.63, 3.8) is 0 Å². The van der Waals surface area contributed by atoms with Crippen LogP contribution in [0.1, 0.15) is 6.92 Å². The number of ether oxygens (including phenoxy) is 1. The summed E-state index contributed by atoms with van der Waals surface area (Å²) in [7, 11) is 0. The van der Waals surface area contributed by atoms with Gasteiger partial charge in [-0.3, -0.25) is 0 Å². The Hall–Kier alpha value is -1.95. The number of rotatable bonds is 4. The molecule has 1 saturated heterocycles. The van der Waals surface area contributed by atoms with Gasteiger partial charge in [-0.25, -0.2) is 4.98 Å². The highest BCUT2D eigenvalue weighted by atomic mass is 32.2. The quantitative estimate of drug-likeness (QED) is 0.935. The fourth-order valence-electron chi connectivity index (χ4n) is 2.51. The second-order valence-corrected chi connectivity index (χ2v) is 6.21. The molecular weight excluding hydrogens is 296 g/mol. The topological polar surface area (TPSA) is 64.3 Å². The number of benzene rings is 1. The van der Waals surface area contributed by atoms with Gasteiger partial charge in [0.05, 0.1) is 6.61 Å². The van der Waals surface area contributed by atoms with Gasteiger partial charge in [-0.2, -0.15) is 16.7 Å². The van der Waals surface area contributed by atoms with E-state index in [9.17, 15) is 0 Å². The van der Waals surface area contributed by atoms with Crippen LogP contribution in [0.5, 0.6) is 5.75 Å². The predicted octanol–water partition coefficient (Wildman–Crippen LogP) is 2.68. The summed E-state index contributed by atoms with van der Waals surface area (Å²) in [4.78, 5) is 11.1. The van der Waals surface area contributed by atoms with E-state index in [1.165, 1.54) is 0 Å². The first-order chi connectivity index (χ1) is 10.8. The summed E-state index contributed by atoms with van der Waals surface area (Å²) in [6, 6.07) is 9.98. The zero-order valence-electron chi connectivity index (χ0n) is 12.7. The number of anilines is 2. The number of thioether (sulfide) groups is 1. The molecular formula is C16H20N4OS. The lowest BCUT2D eigenvalue weighted by Crippen LogP contribution is -2.33. The highest BCUT2D eigenvalue weighted by molar-refractivity contribution is 7.99. The highest BCUT2D eigenvalue weighted by Crippen LogP contribution is 2.37. The van der Waals surface area contributed by atoms with Gasteiger partial charge in [0, 0.05) is 30.2 Å². The Morgan fingerprint density at radius 1 is 1.18 bits per heavy atom. The standard InChI is InChI=1S/C16H20N4OS/c1-2-21-14-13(12-6-4-3-5-7-12)18-16(17)19-15(14)20-8-10-22-11-9-20/h3-7H,2,8-11H2,1H3,(H2,17,18,19). The van der Waals surface area contributed by atoms with Crippen molar-refractivity contribution in [2.24, 2.45) is 0 Å². The average Bonchev–Trinajstić information content (AvgIpc) is 2.58. The monoisotopic (exact) mass is 316 g/mol. The normalized spacial score (nSPS) is 14.9.